The Kier molecular flexibility index (Phi) is 7.17. The Morgan fingerprint density at radius 3 is 2.81 bits per heavy atom. The van der Waals surface area contributed by atoms with Crippen molar-refractivity contribution in [3.8, 4) is 0 Å². The van der Waals surface area contributed by atoms with Crippen molar-refractivity contribution in [2.75, 3.05) is 32.9 Å². The van der Waals surface area contributed by atoms with Crippen molar-refractivity contribution in [3.05, 3.63) is 0 Å². The van der Waals surface area contributed by atoms with Crippen molar-refractivity contribution in [3.63, 3.8) is 0 Å². The van der Waals surface area contributed by atoms with E-state index in [0.717, 1.165) is 38.8 Å². The Morgan fingerprint density at radius 1 is 1.38 bits per heavy atom. The van der Waals surface area contributed by atoms with Crippen LogP contribution in [0.5, 0.6) is 0 Å². The zero-order valence-electron chi connectivity index (χ0n) is 10.2. The van der Waals surface area contributed by atoms with E-state index in [1.54, 1.807) is 0 Å². The van der Waals surface area contributed by atoms with Crippen LogP contribution in [0.4, 0.5) is 0 Å². The first-order chi connectivity index (χ1) is 7.83. The van der Waals surface area contributed by atoms with Gasteiger partial charge in [-0.25, -0.2) is 4.79 Å². The standard InChI is InChI=1S/C12H23NO3/c1-2-3-8-16-12(14)10-15-9-11-4-6-13-7-5-11/h11,13H,2-10H2,1H3. The predicted octanol–water partition coefficient (Wildman–Crippen LogP) is 1.35. The van der Waals surface area contributed by atoms with E-state index in [1.807, 2.05) is 0 Å². The lowest BCUT2D eigenvalue weighted by Gasteiger charge is -2.22. The van der Waals surface area contributed by atoms with Crippen molar-refractivity contribution < 1.29 is 14.3 Å². The van der Waals surface area contributed by atoms with Crippen LogP contribution >= 0.6 is 0 Å². The van der Waals surface area contributed by atoms with E-state index < -0.39 is 0 Å². The molecule has 0 amide bonds. The molecule has 0 atom stereocenters. The minimum absolute atomic E-state index is 0.105. The van der Waals surface area contributed by atoms with Crippen LogP contribution in [0, 0.1) is 5.92 Å². The Hall–Kier alpha value is -0.610. The number of carbonyl (C=O) groups excluding carboxylic acids is 1. The largest absolute Gasteiger partial charge is 0.464 e. The number of esters is 1. The highest BCUT2D eigenvalue weighted by Crippen LogP contribution is 2.11. The quantitative estimate of drug-likeness (QED) is 0.529. The average molecular weight is 229 g/mol. The molecule has 1 heterocycles. The zero-order chi connectivity index (χ0) is 11.6. The third-order valence-corrected chi connectivity index (χ3v) is 2.79. The second kappa shape index (κ2) is 8.53. The lowest BCUT2D eigenvalue weighted by atomic mass is 9.99. The number of carbonyl (C=O) groups is 1. The second-order valence-electron chi connectivity index (χ2n) is 4.28. The number of unbranched alkanes of at least 4 members (excludes halogenated alkanes) is 1. The highest BCUT2D eigenvalue weighted by atomic mass is 16.6. The maximum absolute atomic E-state index is 11.2. The molecule has 0 radical (unpaired) electrons. The van der Waals surface area contributed by atoms with Gasteiger partial charge in [0, 0.05) is 0 Å². The van der Waals surface area contributed by atoms with Crippen LogP contribution in [0.25, 0.3) is 0 Å². The van der Waals surface area contributed by atoms with E-state index in [1.165, 1.54) is 0 Å². The molecule has 0 aromatic rings. The van der Waals surface area contributed by atoms with Crippen LogP contribution in [0.3, 0.4) is 0 Å². The molecule has 0 aromatic carbocycles. The van der Waals surface area contributed by atoms with E-state index in [0.29, 0.717) is 19.1 Å². The molecule has 1 aliphatic rings. The van der Waals surface area contributed by atoms with Crippen LogP contribution in [0.2, 0.25) is 0 Å². The average Bonchev–Trinajstić information content (AvgIpc) is 2.31. The van der Waals surface area contributed by atoms with E-state index in [-0.39, 0.29) is 12.6 Å². The molecule has 1 fully saturated rings. The van der Waals surface area contributed by atoms with Crippen molar-refractivity contribution in [1.29, 1.82) is 0 Å². The van der Waals surface area contributed by atoms with Gasteiger partial charge in [-0.3, -0.25) is 0 Å². The van der Waals surface area contributed by atoms with Crippen LogP contribution in [0.15, 0.2) is 0 Å². The van der Waals surface area contributed by atoms with Crippen LogP contribution < -0.4 is 5.32 Å². The topological polar surface area (TPSA) is 47.6 Å². The third-order valence-electron chi connectivity index (χ3n) is 2.79. The predicted molar refractivity (Wildman–Crippen MR) is 62.3 cm³/mol. The Labute approximate surface area is 97.7 Å². The lowest BCUT2D eigenvalue weighted by Crippen LogP contribution is -2.30. The van der Waals surface area contributed by atoms with E-state index >= 15 is 0 Å². The molecule has 0 saturated carbocycles. The summed E-state index contributed by atoms with van der Waals surface area (Å²) in [5.74, 6) is 0.368. The fourth-order valence-electron chi connectivity index (χ4n) is 1.73. The fraction of sp³-hybridized carbons (Fsp3) is 0.917. The molecule has 1 N–H and O–H groups in total. The molecule has 0 bridgehead atoms. The van der Waals surface area contributed by atoms with Crippen LogP contribution in [-0.2, 0) is 14.3 Å². The first-order valence-corrected chi connectivity index (χ1v) is 6.27. The number of nitrogens with one attached hydrogen (secondary N) is 1. The Balaban J connectivity index is 1.94. The Bertz CT molecular complexity index is 191. The van der Waals surface area contributed by atoms with Gasteiger partial charge in [-0.15, -0.1) is 0 Å². The lowest BCUT2D eigenvalue weighted by molar-refractivity contribution is -0.149. The molecule has 0 aliphatic carbocycles. The Morgan fingerprint density at radius 2 is 2.12 bits per heavy atom. The maximum Gasteiger partial charge on any atom is 0.332 e. The molecule has 0 aromatic heterocycles. The van der Waals surface area contributed by atoms with Gasteiger partial charge in [-0.05, 0) is 38.3 Å². The van der Waals surface area contributed by atoms with Gasteiger partial charge in [0.25, 0.3) is 0 Å². The molecule has 1 saturated heterocycles. The molecular formula is C12H23NO3. The van der Waals surface area contributed by atoms with Gasteiger partial charge in [0.15, 0.2) is 0 Å². The first-order valence-electron chi connectivity index (χ1n) is 6.27. The summed E-state index contributed by atoms with van der Waals surface area (Å²) in [6, 6.07) is 0. The summed E-state index contributed by atoms with van der Waals surface area (Å²) in [7, 11) is 0. The number of piperidine rings is 1. The summed E-state index contributed by atoms with van der Waals surface area (Å²) >= 11 is 0. The summed E-state index contributed by atoms with van der Waals surface area (Å²) in [5.41, 5.74) is 0. The number of ether oxygens (including phenoxy) is 2. The van der Waals surface area contributed by atoms with Gasteiger partial charge < -0.3 is 14.8 Å². The van der Waals surface area contributed by atoms with Crippen LogP contribution in [-0.4, -0.2) is 38.9 Å². The van der Waals surface area contributed by atoms with Gasteiger partial charge in [0.1, 0.15) is 6.61 Å². The molecular weight excluding hydrogens is 206 g/mol. The highest BCUT2D eigenvalue weighted by molar-refractivity contribution is 5.70. The van der Waals surface area contributed by atoms with Crippen molar-refractivity contribution in [2.45, 2.75) is 32.6 Å². The molecule has 16 heavy (non-hydrogen) atoms. The van der Waals surface area contributed by atoms with Gasteiger partial charge in [-0.2, -0.15) is 0 Å². The van der Waals surface area contributed by atoms with Gasteiger partial charge in [0.05, 0.1) is 13.2 Å². The SMILES string of the molecule is CCCCOC(=O)COCC1CCNCC1. The zero-order valence-corrected chi connectivity index (χ0v) is 10.2. The summed E-state index contributed by atoms with van der Waals surface area (Å²) in [6.45, 7) is 5.51. The molecule has 4 nitrogen and oxygen atoms in total. The van der Waals surface area contributed by atoms with Gasteiger partial charge in [0.2, 0.25) is 0 Å². The fourth-order valence-corrected chi connectivity index (χ4v) is 1.73. The van der Waals surface area contributed by atoms with E-state index in [2.05, 4.69) is 12.2 Å². The molecule has 0 unspecified atom stereocenters. The highest BCUT2D eigenvalue weighted by Gasteiger charge is 2.13. The normalized spacial score (nSPS) is 17.3. The first kappa shape index (κ1) is 13.5. The third kappa shape index (κ3) is 6.08. The van der Waals surface area contributed by atoms with E-state index in [9.17, 15) is 4.79 Å². The smallest absolute Gasteiger partial charge is 0.332 e. The number of hydrogen-bond donors (Lipinski definition) is 1. The van der Waals surface area contributed by atoms with Crippen molar-refractivity contribution in [1.82, 2.24) is 5.32 Å². The summed E-state index contributed by atoms with van der Waals surface area (Å²) in [5, 5.41) is 3.30. The molecule has 1 aliphatic heterocycles. The summed E-state index contributed by atoms with van der Waals surface area (Å²) < 4.78 is 10.4. The molecule has 1 rings (SSSR count). The molecule has 94 valence electrons. The summed E-state index contributed by atoms with van der Waals surface area (Å²) in [6.07, 6.45) is 4.26. The van der Waals surface area contributed by atoms with Crippen LogP contribution in [0.1, 0.15) is 32.6 Å². The van der Waals surface area contributed by atoms with Crippen molar-refractivity contribution >= 4 is 5.97 Å². The maximum atomic E-state index is 11.2. The minimum Gasteiger partial charge on any atom is -0.464 e. The van der Waals surface area contributed by atoms with Crippen molar-refractivity contribution in [2.24, 2.45) is 5.92 Å². The number of hydrogen-bond acceptors (Lipinski definition) is 4. The number of rotatable bonds is 7. The molecule has 4 heteroatoms. The van der Waals surface area contributed by atoms with Gasteiger partial charge >= 0.3 is 5.97 Å². The second-order valence-corrected chi connectivity index (χ2v) is 4.28. The van der Waals surface area contributed by atoms with Gasteiger partial charge in [-0.1, -0.05) is 13.3 Å². The summed E-state index contributed by atoms with van der Waals surface area (Å²) in [4.78, 5) is 11.2. The minimum atomic E-state index is -0.234. The molecule has 0 spiro atoms. The van der Waals surface area contributed by atoms with E-state index in [4.69, 9.17) is 9.47 Å². The monoisotopic (exact) mass is 229 g/mol.